The first kappa shape index (κ1) is 25.1. The van der Waals surface area contributed by atoms with Crippen molar-refractivity contribution in [3.63, 3.8) is 0 Å². The van der Waals surface area contributed by atoms with E-state index in [1.165, 1.54) is 13.1 Å². The number of hydrogen-bond donors (Lipinski definition) is 3. The van der Waals surface area contributed by atoms with Crippen LogP contribution in [0.15, 0.2) is 24.4 Å². The number of aromatic nitrogens is 1. The number of hydroxylamine groups is 1. The smallest absolute Gasteiger partial charge is 0.353 e. The van der Waals surface area contributed by atoms with Gasteiger partial charge in [0.15, 0.2) is 5.54 Å². The lowest BCUT2D eigenvalue weighted by atomic mass is 9.77. The number of aliphatic hydroxyl groups is 1. The number of carbonyl (C=O) groups is 2. The molecular weight excluding hydrogens is 384 g/mol. The summed E-state index contributed by atoms with van der Waals surface area (Å²) in [5, 5.41) is 9.92. The van der Waals surface area contributed by atoms with Crippen LogP contribution in [-0.2, 0) is 21.0 Å². The van der Waals surface area contributed by atoms with E-state index in [4.69, 9.17) is 10.6 Å². The number of hydrogen-bond acceptors (Lipinski definition) is 7. The van der Waals surface area contributed by atoms with Gasteiger partial charge in [-0.25, -0.2) is 4.79 Å². The largest absolute Gasteiger partial charge is 0.386 e. The van der Waals surface area contributed by atoms with E-state index in [1.54, 1.807) is 25.1 Å². The molecule has 0 bridgehead atoms. The Morgan fingerprint density at radius 1 is 1.28 bits per heavy atom. The molecule has 1 aromatic heterocycles. The van der Waals surface area contributed by atoms with Gasteiger partial charge in [0.1, 0.15) is 6.10 Å². The van der Waals surface area contributed by atoms with Gasteiger partial charge in [0.2, 0.25) is 5.78 Å². The van der Waals surface area contributed by atoms with Gasteiger partial charge in [-0.15, -0.1) is 5.48 Å². The summed E-state index contributed by atoms with van der Waals surface area (Å²) in [6.45, 7) is 6.65. The van der Waals surface area contributed by atoms with E-state index >= 15 is 0 Å². The van der Waals surface area contributed by atoms with Crippen molar-refractivity contribution in [2.45, 2.75) is 71.1 Å². The van der Waals surface area contributed by atoms with E-state index < -0.39 is 35.2 Å². The summed E-state index contributed by atoms with van der Waals surface area (Å²) < 4.78 is 29.4. The van der Waals surface area contributed by atoms with E-state index in [9.17, 15) is 23.5 Å². The van der Waals surface area contributed by atoms with Gasteiger partial charge in [0.05, 0.1) is 12.2 Å². The molecule has 0 radical (unpaired) electrons. The fraction of sp³-hybridized carbons (Fsp3) is 0.650. The van der Waals surface area contributed by atoms with Crippen LogP contribution in [-0.4, -0.2) is 39.4 Å². The fourth-order valence-corrected chi connectivity index (χ4v) is 2.70. The highest BCUT2D eigenvalue weighted by Crippen LogP contribution is 2.33. The van der Waals surface area contributed by atoms with E-state index in [-0.39, 0.29) is 25.3 Å². The summed E-state index contributed by atoms with van der Waals surface area (Å²) in [5.41, 5.74) is 6.16. The minimum absolute atomic E-state index is 0.00472. The molecule has 0 spiro atoms. The van der Waals surface area contributed by atoms with Gasteiger partial charge in [-0.3, -0.25) is 9.78 Å². The van der Waals surface area contributed by atoms with Gasteiger partial charge < -0.3 is 15.7 Å². The number of ketones is 1. The molecule has 9 heteroatoms. The van der Waals surface area contributed by atoms with Crippen LogP contribution in [0.4, 0.5) is 8.78 Å². The second kappa shape index (κ2) is 10.7. The number of rotatable bonds is 12. The number of pyridine rings is 1. The number of nitrogens with one attached hydrogen (secondary N) is 1. The van der Waals surface area contributed by atoms with Crippen molar-refractivity contribution in [1.82, 2.24) is 10.5 Å². The van der Waals surface area contributed by atoms with Crippen molar-refractivity contribution in [2.24, 2.45) is 17.6 Å². The van der Waals surface area contributed by atoms with E-state index in [0.29, 0.717) is 12.1 Å². The minimum Gasteiger partial charge on any atom is -0.386 e. The van der Waals surface area contributed by atoms with Crippen LogP contribution in [0.1, 0.15) is 52.7 Å². The summed E-state index contributed by atoms with van der Waals surface area (Å²) in [6, 6.07) is 5.09. The lowest BCUT2D eigenvalue weighted by Gasteiger charge is -2.35. The average molecular weight is 415 g/mol. The Morgan fingerprint density at radius 3 is 2.45 bits per heavy atom. The quantitative estimate of drug-likeness (QED) is 0.355. The number of Topliss-reactive ketones (excluding diaryl/α,β-unsaturated/α-hetero) is 1. The average Bonchev–Trinajstić information content (AvgIpc) is 2.70. The van der Waals surface area contributed by atoms with Crippen LogP contribution in [0.25, 0.3) is 0 Å². The zero-order chi connectivity index (χ0) is 22.2. The van der Waals surface area contributed by atoms with Crippen LogP contribution >= 0.6 is 0 Å². The summed E-state index contributed by atoms with van der Waals surface area (Å²) in [6.07, 6.45) is -0.524. The molecule has 4 N–H and O–H groups in total. The number of nitrogens with zero attached hydrogens (tertiary/aromatic N) is 1. The number of carbonyl (C=O) groups excluding carboxylic acids is 2. The molecule has 3 atom stereocenters. The SMILES string of the molecule is CCC(C)[C@](N)(C(=O)ONCc1ccccn1)C(=O)C(F)(F)C(O)CCC(C)C. The normalized spacial score (nSPS) is 16.2. The zero-order valence-corrected chi connectivity index (χ0v) is 17.3. The Kier molecular flexibility index (Phi) is 9.25. The van der Waals surface area contributed by atoms with Crippen molar-refractivity contribution in [1.29, 1.82) is 0 Å². The topological polar surface area (TPSA) is 115 Å². The first-order chi connectivity index (χ1) is 13.5. The maximum Gasteiger partial charge on any atom is 0.353 e. The van der Waals surface area contributed by atoms with E-state index in [1.807, 2.05) is 13.8 Å². The molecule has 29 heavy (non-hydrogen) atoms. The third-order valence-electron chi connectivity index (χ3n) is 4.99. The van der Waals surface area contributed by atoms with Gasteiger partial charge >= 0.3 is 11.9 Å². The maximum absolute atomic E-state index is 14.7. The Balaban J connectivity index is 2.96. The lowest BCUT2D eigenvalue weighted by molar-refractivity contribution is -0.181. The van der Waals surface area contributed by atoms with Crippen molar-refractivity contribution in [3.05, 3.63) is 30.1 Å². The van der Waals surface area contributed by atoms with Gasteiger partial charge in [0, 0.05) is 6.20 Å². The molecule has 1 heterocycles. The van der Waals surface area contributed by atoms with E-state index in [0.717, 1.165) is 0 Å². The first-order valence-electron chi connectivity index (χ1n) is 9.71. The van der Waals surface area contributed by atoms with Gasteiger partial charge in [0.25, 0.3) is 0 Å². The molecule has 0 aromatic carbocycles. The molecule has 0 fully saturated rings. The fourth-order valence-electron chi connectivity index (χ4n) is 2.70. The monoisotopic (exact) mass is 415 g/mol. The van der Waals surface area contributed by atoms with E-state index in [2.05, 4.69) is 10.5 Å². The van der Waals surface area contributed by atoms with Crippen LogP contribution in [0.2, 0.25) is 0 Å². The Labute approximate surface area is 170 Å². The second-order valence-corrected chi connectivity index (χ2v) is 7.65. The summed E-state index contributed by atoms with van der Waals surface area (Å²) >= 11 is 0. The Hall–Kier alpha value is -1.97. The van der Waals surface area contributed by atoms with Gasteiger partial charge in [-0.2, -0.15) is 8.78 Å². The maximum atomic E-state index is 14.7. The molecule has 2 unspecified atom stereocenters. The third kappa shape index (κ3) is 6.25. The van der Waals surface area contributed by atoms with Crippen molar-refractivity contribution >= 4 is 11.8 Å². The Morgan fingerprint density at radius 2 is 1.93 bits per heavy atom. The van der Waals surface area contributed by atoms with Crippen molar-refractivity contribution in [3.8, 4) is 0 Å². The van der Waals surface area contributed by atoms with Crippen LogP contribution in [0, 0.1) is 11.8 Å². The molecule has 0 amide bonds. The molecule has 0 aliphatic rings. The number of nitrogens with two attached hydrogens (primary N) is 1. The number of aliphatic hydroxyl groups excluding tert-OH is 1. The highest BCUT2D eigenvalue weighted by molar-refractivity contribution is 6.11. The van der Waals surface area contributed by atoms with Gasteiger partial charge in [-0.1, -0.05) is 40.2 Å². The Bertz CT molecular complexity index is 673. The summed E-state index contributed by atoms with van der Waals surface area (Å²) in [4.78, 5) is 34.1. The van der Waals surface area contributed by atoms with Crippen LogP contribution in [0.5, 0.6) is 0 Å². The lowest BCUT2D eigenvalue weighted by Crippen LogP contribution is -2.67. The predicted molar refractivity (Wildman–Crippen MR) is 104 cm³/mol. The highest BCUT2D eigenvalue weighted by atomic mass is 19.3. The molecule has 7 nitrogen and oxygen atoms in total. The molecule has 164 valence electrons. The zero-order valence-electron chi connectivity index (χ0n) is 17.3. The molecule has 0 aliphatic heterocycles. The minimum atomic E-state index is -4.19. The molecule has 0 saturated carbocycles. The highest BCUT2D eigenvalue weighted by Gasteiger charge is 2.60. The second-order valence-electron chi connectivity index (χ2n) is 7.65. The number of alkyl halides is 2. The summed E-state index contributed by atoms with van der Waals surface area (Å²) in [5.74, 6) is -8.24. The predicted octanol–water partition coefficient (Wildman–Crippen LogP) is 2.37. The van der Waals surface area contributed by atoms with Crippen molar-refractivity contribution < 1.29 is 28.3 Å². The standard InChI is InChI=1S/C20H31F2N3O4/c1-5-14(4)19(23,17(27)20(21,22)16(26)10-9-13(2)3)18(28)29-25-12-15-8-6-7-11-24-15/h6-8,11,13-14,16,25-26H,5,9-10,12,23H2,1-4H3/t14?,16?,19-/m1/s1. The summed E-state index contributed by atoms with van der Waals surface area (Å²) in [7, 11) is 0. The van der Waals surface area contributed by atoms with Crippen LogP contribution in [0.3, 0.4) is 0 Å². The number of halogens is 2. The van der Waals surface area contributed by atoms with Crippen LogP contribution < -0.4 is 11.2 Å². The van der Waals surface area contributed by atoms with Gasteiger partial charge in [-0.05, 0) is 36.8 Å². The molecule has 1 aromatic rings. The first-order valence-corrected chi connectivity index (χ1v) is 9.71. The molecular formula is C20H31F2N3O4. The molecule has 0 saturated heterocycles. The van der Waals surface area contributed by atoms with Crippen molar-refractivity contribution in [2.75, 3.05) is 0 Å². The third-order valence-corrected chi connectivity index (χ3v) is 4.99. The molecule has 0 aliphatic carbocycles. The molecule has 1 rings (SSSR count).